The number of aromatic nitrogens is 4. The lowest BCUT2D eigenvalue weighted by atomic mass is 10.1. The van der Waals surface area contributed by atoms with Gasteiger partial charge in [0.15, 0.2) is 16.8 Å². The zero-order chi connectivity index (χ0) is 24.9. The van der Waals surface area contributed by atoms with Gasteiger partial charge in [-0.2, -0.15) is 0 Å². The molecule has 0 radical (unpaired) electrons. The molecule has 1 unspecified atom stereocenters. The minimum atomic E-state index is -0.750. The molecule has 182 valence electrons. The Morgan fingerprint density at radius 2 is 1.89 bits per heavy atom. The molecule has 4 rings (SSSR count). The molecule has 0 bridgehead atoms. The zero-order valence-corrected chi connectivity index (χ0v) is 20.6. The molecule has 0 aliphatic carbocycles. The van der Waals surface area contributed by atoms with Gasteiger partial charge in [0.1, 0.15) is 11.8 Å². The smallest absolute Gasteiger partial charge is 0.251 e. The van der Waals surface area contributed by atoms with Crippen LogP contribution in [0.3, 0.4) is 0 Å². The second kappa shape index (κ2) is 10.7. The number of rotatable bonds is 10. The number of amides is 1. The third-order valence-electron chi connectivity index (χ3n) is 5.74. The van der Waals surface area contributed by atoms with E-state index < -0.39 is 6.04 Å². The van der Waals surface area contributed by atoms with Crippen LogP contribution in [0.5, 0.6) is 5.75 Å². The number of nitrogens with zero attached hydrogens (tertiary/aromatic N) is 4. The van der Waals surface area contributed by atoms with Crippen LogP contribution in [0.4, 0.5) is 0 Å². The summed E-state index contributed by atoms with van der Waals surface area (Å²) in [7, 11) is 3.47. The SMILES string of the molecule is CCn1c(SCC(=O)c2cn(C)c3ccccc23)nnc1C(CO)NC(=O)c1ccc(OC)cc1. The van der Waals surface area contributed by atoms with Gasteiger partial charge >= 0.3 is 0 Å². The Morgan fingerprint density at radius 1 is 1.14 bits per heavy atom. The van der Waals surface area contributed by atoms with Gasteiger partial charge in [-0.15, -0.1) is 10.2 Å². The van der Waals surface area contributed by atoms with Crippen molar-refractivity contribution in [2.75, 3.05) is 19.5 Å². The third kappa shape index (κ3) is 5.08. The molecule has 2 aromatic heterocycles. The number of Topliss-reactive ketones (excluding diaryl/α,β-unsaturated/α-hetero) is 1. The molecule has 1 amide bonds. The van der Waals surface area contributed by atoms with Crippen LogP contribution < -0.4 is 10.1 Å². The van der Waals surface area contributed by atoms with E-state index in [9.17, 15) is 14.7 Å². The summed E-state index contributed by atoms with van der Waals surface area (Å²) in [5.41, 5.74) is 2.10. The van der Waals surface area contributed by atoms with E-state index in [2.05, 4.69) is 15.5 Å². The molecule has 0 aliphatic heterocycles. The number of carbonyl (C=O) groups excluding carboxylic acids is 2. The fourth-order valence-corrected chi connectivity index (χ4v) is 4.80. The van der Waals surface area contributed by atoms with Crippen molar-refractivity contribution in [2.24, 2.45) is 7.05 Å². The van der Waals surface area contributed by atoms with E-state index in [4.69, 9.17) is 4.74 Å². The molecule has 0 saturated heterocycles. The van der Waals surface area contributed by atoms with Crippen molar-refractivity contribution in [2.45, 2.75) is 24.7 Å². The molecular weight excluding hydrogens is 466 g/mol. The Bertz CT molecular complexity index is 1350. The molecule has 2 heterocycles. The van der Waals surface area contributed by atoms with Crippen molar-refractivity contribution in [3.05, 3.63) is 71.7 Å². The monoisotopic (exact) mass is 493 g/mol. The van der Waals surface area contributed by atoms with Crippen molar-refractivity contribution in [3.63, 3.8) is 0 Å². The van der Waals surface area contributed by atoms with Crippen LogP contribution in [0.1, 0.15) is 39.5 Å². The number of nitrogens with one attached hydrogen (secondary N) is 1. The summed E-state index contributed by atoms with van der Waals surface area (Å²) in [6.45, 7) is 2.09. The lowest BCUT2D eigenvalue weighted by Crippen LogP contribution is -2.32. The van der Waals surface area contributed by atoms with Gasteiger partial charge in [0.05, 0.1) is 19.5 Å². The van der Waals surface area contributed by atoms with Crippen LogP contribution in [0.25, 0.3) is 10.9 Å². The second-order valence-electron chi connectivity index (χ2n) is 7.90. The molecule has 0 aliphatic rings. The normalized spacial score (nSPS) is 12.0. The van der Waals surface area contributed by atoms with Crippen molar-refractivity contribution >= 4 is 34.4 Å². The number of ketones is 1. The predicted molar refractivity (Wildman–Crippen MR) is 134 cm³/mol. The van der Waals surface area contributed by atoms with Crippen molar-refractivity contribution < 1.29 is 19.4 Å². The Morgan fingerprint density at radius 3 is 2.57 bits per heavy atom. The largest absolute Gasteiger partial charge is 0.497 e. The van der Waals surface area contributed by atoms with E-state index in [-0.39, 0.29) is 24.1 Å². The molecule has 4 aromatic rings. The molecule has 10 heteroatoms. The first kappa shape index (κ1) is 24.5. The van der Waals surface area contributed by atoms with Gasteiger partial charge in [-0.1, -0.05) is 30.0 Å². The molecule has 0 spiro atoms. The number of benzene rings is 2. The maximum absolute atomic E-state index is 13.0. The number of fused-ring (bicyclic) bond motifs is 1. The highest BCUT2D eigenvalue weighted by Crippen LogP contribution is 2.25. The number of hydrogen-bond donors (Lipinski definition) is 2. The molecule has 0 fully saturated rings. The first-order valence-electron chi connectivity index (χ1n) is 11.2. The van der Waals surface area contributed by atoms with E-state index >= 15 is 0 Å². The van der Waals surface area contributed by atoms with Crippen LogP contribution in [-0.2, 0) is 13.6 Å². The minimum Gasteiger partial charge on any atom is -0.497 e. The van der Waals surface area contributed by atoms with E-state index in [0.29, 0.717) is 34.4 Å². The average Bonchev–Trinajstić information content (AvgIpc) is 3.46. The second-order valence-corrected chi connectivity index (χ2v) is 8.85. The maximum Gasteiger partial charge on any atom is 0.251 e. The van der Waals surface area contributed by atoms with Gasteiger partial charge in [0, 0.05) is 41.8 Å². The van der Waals surface area contributed by atoms with Gasteiger partial charge < -0.3 is 24.3 Å². The Labute approximate surface area is 207 Å². The van der Waals surface area contributed by atoms with Gasteiger partial charge in [-0.25, -0.2) is 0 Å². The maximum atomic E-state index is 13.0. The number of methoxy groups -OCH3 is 1. The summed E-state index contributed by atoms with van der Waals surface area (Å²) < 4.78 is 8.87. The van der Waals surface area contributed by atoms with Crippen molar-refractivity contribution in [1.29, 1.82) is 0 Å². The predicted octanol–water partition coefficient (Wildman–Crippen LogP) is 3.24. The fourth-order valence-electron chi connectivity index (χ4n) is 3.91. The van der Waals surface area contributed by atoms with Gasteiger partial charge in [0.25, 0.3) is 5.91 Å². The molecule has 2 aromatic carbocycles. The standard InChI is InChI=1S/C25H27N5O4S/c1-4-30-23(20(14-31)26-24(33)16-9-11-17(34-3)12-10-16)27-28-25(30)35-15-22(32)19-13-29(2)21-8-6-5-7-18(19)21/h5-13,20,31H,4,14-15H2,1-3H3,(H,26,33). The minimum absolute atomic E-state index is 0.00878. The number of thioether (sulfide) groups is 1. The van der Waals surface area contributed by atoms with Gasteiger partial charge in [-0.3, -0.25) is 9.59 Å². The quantitative estimate of drug-likeness (QED) is 0.258. The number of hydrogen-bond acceptors (Lipinski definition) is 7. The highest BCUT2D eigenvalue weighted by molar-refractivity contribution is 7.99. The summed E-state index contributed by atoms with van der Waals surface area (Å²) >= 11 is 1.28. The number of aliphatic hydroxyl groups is 1. The van der Waals surface area contributed by atoms with Crippen molar-refractivity contribution in [1.82, 2.24) is 24.6 Å². The Balaban J connectivity index is 1.48. The van der Waals surface area contributed by atoms with Crippen LogP contribution >= 0.6 is 11.8 Å². The highest BCUT2D eigenvalue weighted by atomic mass is 32.2. The number of para-hydroxylation sites is 1. The molecule has 0 saturated carbocycles. The lowest BCUT2D eigenvalue weighted by molar-refractivity contribution is 0.0911. The summed E-state index contributed by atoms with van der Waals surface area (Å²) in [4.78, 5) is 25.7. The molecule has 9 nitrogen and oxygen atoms in total. The van der Waals surface area contributed by atoms with Crippen LogP contribution in [0.15, 0.2) is 59.9 Å². The first-order valence-corrected chi connectivity index (χ1v) is 12.1. The van der Waals surface area contributed by atoms with E-state index in [0.717, 1.165) is 10.9 Å². The zero-order valence-electron chi connectivity index (χ0n) is 19.8. The Hall–Kier alpha value is -3.63. The topological polar surface area (TPSA) is 111 Å². The summed E-state index contributed by atoms with van der Waals surface area (Å²) in [5.74, 6) is 0.902. The molecule has 35 heavy (non-hydrogen) atoms. The first-order chi connectivity index (χ1) is 17.0. The number of ether oxygens (including phenoxy) is 1. The van der Waals surface area contributed by atoms with Gasteiger partial charge in [-0.05, 0) is 37.3 Å². The van der Waals surface area contributed by atoms with Crippen LogP contribution in [0, 0.1) is 0 Å². The van der Waals surface area contributed by atoms with Crippen LogP contribution in [-0.4, -0.2) is 55.6 Å². The van der Waals surface area contributed by atoms with Crippen molar-refractivity contribution in [3.8, 4) is 5.75 Å². The van der Waals surface area contributed by atoms with E-state index in [1.807, 2.05) is 49.0 Å². The lowest BCUT2D eigenvalue weighted by Gasteiger charge is -2.17. The number of aliphatic hydroxyl groups excluding tert-OH is 1. The summed E-state index contributed by atoms with van der Waals surface area (Å²) in [6.07, 6.45) is 1.85. The van der Waals surface area contributed by atoms with E-state index in [1.54, 1.807) is 35.9 Å². The number of carbonyl (C=O) groups is 2. The van der Waals surface area contributed by atoms with E-state index in [1.165, 1.54) is 11.8 Å². The van der Waals surface area contributed by atoms with Gasteiger partial charge in [0.2, 0.25) is 0 Å². The van der Waals surface area contributed by atoms with Crippen LogP contribution in [0.2, 0.25) is 0 Å². The number of aryl methyl sites for hydroxylation is 1. The summed E-state index contributed by atoms with van der Waals surface area (Å²) in [5, 5.41) is 22.7. The highest BCUT2D eigenvalue weighted by Gasteiger charge is 2.24. The average molecular weight is 494 g/mol. The fraction of sp³-hybridized carbons (Fsp3) is 0.280. The molecule has 1 atom stereocenters. The molecular formula is C25H27N5O4S. The molecule has 2 N–H and O–H groups in total. The summed E-state index contributed by atoms with van der Waals surface area (Å²) in [6, 6.07) is 13.7. The Kier molecular flexibility index (Phi) is 7.52. The third-order valence-corrected chi connectivity index (χ3v) is 6.71.